The molecule has 0 aliphatic rings. The van der Waals surface area contributed by atoms with Gasteiger partial charge < -0.3 is 15.4 Å². The topological polar surface area (TPSA) is 59.1 Å². The normalized spacial score (nSPS) is 10.7. The van der Waals surface area contributed by atoms with E-state index >= 15 is 0 Å². The summed E-state index contributed by atoms with van der Waals surface area (Å²) in [5, 5.41) is 6.51. The highest BCUT2D eigenvalue weighted by Crippen LogP contribution is 2.36. The summed E-state index contributed by atoms with van der Waals surface area (Å²) in [6.07, 6.45) is 0. The van der Waals surface area contributed by atoms with E-state index in [0.717, 1.165) is 27.3 Å². The Morgan fingerprint density at radius 2 is 1.85 bits per heavy atom. The van der Waals surface area contributed by atoms with Crippen LogP contribution in [0.4, 0.5) is 11.8 Å². The molecule has 0 saturated heterocycles. The van der Waals surface area contributed by atoms with Gasteiger partial charge in [-0.15, -0.1) is 11.3 Å². The maximum absolute atomic E-state index is 5.30. The van der Waals surface area contributed by atoms with Gasteiger partial charge in [-0.1, -0.05) is 42.5 Å². The van der Waals surface area contributed by atoms with Gasteiger partial charge in [0.2, 0.25) is 5.95 Å². The summed E-state index contributed by atoms with van der Waals surface area (Å²) < 4.78 is 6.36. The Hall–Kier alpha value is -3.12. The molecule has 27 heavy (non-hydrogen) atoms. The van der Waals surface area contributed by atoms with Crippen LogP contribution in [0.1, 0.15) is 5.56 Å². The smallest absolute Gasteiger partial charge is 0.225 e. The Morgan fingerprint density at radius 1 is 1.00 bits per heavy atom. The number of anilines is 2. The van der Waals surface area contributed by atoms with Crippen molar-refractivity contribution in [1.82, 2.24) is 9.97 Å². The van der Waals surface area contributed by atoms with E-state index < -0.39 is 0 Å². The van der Waals surface area contributed by atoms with Gasteiger partial charge in [-0.25, -0.2) is 4.98 Å². The summed E-state index contributed by atoms with van der Waals surface area (Å²) in [6.45, 7) is 0.658. The minimum atomic E-state index is 0.605. The van der Waals surface area contributed by atoms with Crippen LogP contribution in [-0.4, -0.2) is 24.1 Å². The van der Waals surface area contributed by atoms with E-state index in [1.165, 1.54) is 10.4 Å². The first-order valence-corrected chi connectivity index (χ1v) is 9.50. The van der Waals surface area contributed by atoms with Crippen molar-refractivity contribution in [3.8, 4) is 16.2 Å². The van der Waals surface area contributed by atoms with Crippen molar-refractivity contribution < 1.29 is 4.74 Å². The van der Waals surface area contributed by atoms with Crippen molar-refractivity contribution in [2.24, 2.45) is 0 Å². The first kappa shape index (κ1) is 17.3. The van der Waals surface area contributed by atoms with Gasteiger partial charge in [0.25, 0.3) is 0 Å². The molecule has 0 saturated carbocycles. The van der Waals surface area contributed by atoms with Crippen LogP contribution in [-0.2, 0) is 6.54 Å². The maximum atomic E-state index is 5.30. The molecule has 2 aromatic heterocycles. The van der Waals surface area contributed by atoms with E-state index in [4.69, 9.17) is 4.74 Å². The lowest BCUT2D eigenvalue weighted by Gasteiger charge is -2.09. The van der Waals surface area contributed by atoms with Gasteiger partial charge in [0.05, 0.1) is 17.3 Å². The molecule has 0 spiro atoms. The lowest BCUT2D eigenvalue weighted by atomic mass is 10.2. The van der Waals surface area contributed by atoms with Crippen LogP contribution in [0.2, 0.25) is 0 Å². The average molecular weight is 376 g/mol. The molecule has 0 aliphatic heterocycles. The van der Waals surface area contributed by atoms with Crippen molar-refractivity contribution in [2.45, 2.75) is 6.54 Å². The van der Waals surface area contributed by atoms with Gasteiger partial charge in [0.1, 0.15) is 11.6 Å². The number of nitrogens with zero attached hydrogens (tertiary/aromatic N) is 2. The Bertz CT molecular complexity index is 1060. The second-order valence-corrected chi connectivity index (χ2v) is 7.09. The number of benzene rings is 2. The summed E-state index contributed by atoms with van der Waals surface area (Å²) in [4.78, 5) is 10.4. The van der Waals surface area contributed by atoms with Gasteiger partial charge in [-0.3, -0.25) is 0 Å². The number of hydrogen-bond acceptors (Lipinski definition) is 6. The summed E-state index contributed by atoms with van der Waals surface area (Å²) in [7, 11) is 3.51. The van der Waals surface area contributed by atoms with E-state index in [1.54, 1.807) is 18.4 Å². The molecular weight excluding hydrogens is 356 g/mol. The second-order valence-electron chi connectivity index (χ2n) is 6.04. The van der Waals surface area contributed by atoms with Crippen molar-refractivity contribution in [3.63, 3.8) is 0 Å². The lowest BCUT2D eigenvalue weighted by Crippen LogP contribution is -2.04. The highest BCUT2D eigenvalue weighted by molar-refractivity contribution is 7.22. The highest BCUT2D eigenvalue weighted by atomic mass is 32.1. The summed E-state index contributed by atoms with van der Waals surface area (Å²) in [5.74, 6) is 2.29. The molecule has 4 aromatic rings. The molecule has 2 N–H and O–H groups in total. The third-order valence-corrected chi connectivity index (χ3v) is 5.43. The molecule has 0 unspecified atom stereocenters. The number of ether oxygens (including phenoxy) is 1. The van der Waals surface area contributed by atoms with Gasteiger partial charge in [0, 0.05) is 18.5 Å². The Kier molecular flexibility index (Phi) is 4.89. The zero-order chi connectivity index (χ0) is 18.6. The molecule has 0 radical (unpaired) electrons. The third kappa shape index (κ3) is 3.71. The van der Waals surface area contributed by atoms with Gasteiger partial charge in [-0.05, 0) is 29.3 Å². The fraction of sp³-hybridized carbons (Fsp3) is 0.143. The summed E-state index contributed by atoms with van der Waals surface area (Å²) in [6, 6.07) is 20.5. The Morgan fingerprint density at radius 3 is 2.63 bits per heavy atom. The molecule has 6 heteroatoms. The molecule has 4 rings (SSSR count). The quantitative estimate of drug-likeness (QED) is 0.495. The molecule has 136 valence electrons. The predicted octanol–water partition coefficient (Wildman–Crippen LogP) is 5.02. The van der Waals surface area contributed by atoms with Gasteiger partial charge >= 0.3 is 0 Å². The second kappa shape index (κ2) is 7.63. The molecule has 2 heterocycles. The van der Waals surface area contributed by atoms with Crippen LogP contribution < -0.4 is 15.4 Å². The fourth-order valence-electron chi connectivity index (χ4n) is 2.87. The van der Waals surface area contributed by atoms with Crippen LogP contribution >= 0.6 is 11.3 Å². The standard InChI is InChI=1S/C21H20N4OS/c1-22-21-24-17-12-18(15-8-4-3-5-9-15)27-19(17)20(25-21)23-13-14-7-6-10-16(11-14)26-2/h3-12H,13H2,1-2H3,(H2,22,23,24,25). The molecule has 0 aliphatic carbocycles. The average Bonchev–Trinajstić information content (AvgIpc) is 3.17. The van der Waals surface area contributed by atoms with Crippen LogP contribution in [0, 0.1) is 0 Å². The Balaban J connectivity index is 1.69. The molecule has 2 aromatic carbocycles. The predicted molar refractivity (Wildman–Crippen MR) is 113 cm³/mol. The SMILES string of the molecule is CNc1nc(NCc2cccc(OC)c2)c2sc(-c3ccccc3)cc2n1. The van der Waals surface area contributed by atoms with Gasteiger partial charge in [-0.2, -0.15) is 4.98 Å². The molecular formula is C21H20N4OS. The monoisotopic (exact) mass is 376 g/mol. The zero-order valence-corrected chi connectivity index (χ0v) is 16.0. The van der Waals surface area contributed by atoms with E-state index in [-0.39, 0.29) is 0 Å². The van der Waals surface area contributed by atoms with Crippen LogP contribution in [0.3, 0.4) is 0 Å². The molecule has 0 amide bonds. The molecule has 0 bridgehead atoms. The number of aromatic nitrogens is 2. The largest absolute Gasteiger partial charge is 0.497 e. The zero-order valence-electron chi connectivity index (χ0n) is 15.2. The van der Waals surface area contributed by atoms with Crippen molar-refractivity contribution >= 4 is 33.3 Å². The van der Waals surface area contributed by atoms with E-state index in [9.17, 15) is 0 Å². The van der Waals surface area contributed by atoms with Crippen molar-refractivity contribution in [1.29, 1.82) is 0 Å². The van der Waals surface area contributed by atoms with E-state index in [2.05, 4.69) is 44.9 Å². The minimum Gasteiger partial charge on any atom is -0.497 e. The third-order valence-electron chi connectivity index (χ3n) is 4.25. The molecule has 0 fully saturated rings. The van der Waals surface area contributed by atoms with Gasteiger partial charge in [0.15, 0.2) is 0 Å². The summed E-state index contributed by atoms with van der Waals surface area (Å²) in [5.41, 5.74) is 3.25. The minimum absolute atomic E-state index is 0.605. The van der Waals surface area contributed by atoms with Crippen molar-refractivity contribution in [2.75, 3.05) is 24.8 Å². The highest BCUT2D eigenvalue weighted by Gasteiger charge is 2.12. The number of rotatable bonds is 6. The van der Waals surface area contributed by atoms with E-state index in [0.29, 0.717) is 12.5 Å². The number of nitrogens with one attached hydrogen (secondary N) is 2. The van der Waals surface area contributed by atoms with Crippen LogP contribution in [0.5, 0.6) is 5.75 Å². The number of thiophene rings is 1. The van der Waals surface area contributed by atoms with Crippen LogP contribution in [0.15, 0.2) is 60.7 Å². The Labute approximate surface area is 162 Å². The molecule has 0 atom stereocenters. The number of methoxy groups -OCH3 is 1. The first-order valence-electron chi connectivity index (χ1n) is 8.68. The lowest BCUT2D eigenvalue weighted by molar-refractivity contribution is 0.414. The van der Waals surface area contributed by atoms with Crippen LogP contribution in [0.25, 0.3) is 20.7 Å². The summed E-state index contributed by atoms with van der Waals surface area (Å²) >= 11 is 1.70. The first-order chi connectivity index (χ1) is 13.3. The van der Waals surface area contributed by atoms with Crippen molar-refractivity contribution in [3.05, 3.63) is 66.2 Å². The molecule has 5 nitrogen and oxygen atoms in total. The fourth-order valence-corrected chi connectivity index (χ4v) is 3.94. The maximum Gasteiger partial charge on any atom is 0.225 e. The van der Waals surface area contributed by atoms with E-state index in [1.807, 2.05) is 43.4 Å². The number of fused-ring (bicyclic) bond motifs is 1. The number of hydrogen-bond donors (Lipinski definition) is 2.